The number of fused-ring (bicyclic) bond motifs is 2. The summed E-state index contributed by atoms with van der Waals surface area (Å²) < 4.78 is 5.39. The molecule has 64 valence electrons. The van der Waals surface area contributed by atoms with Crippen LogP contribution in [0, 0.1) is 11.8 Å². The first-order chi connectivity index (χ1) is 5.72. The molecular formula is C10H12O2. The fourth-order valence-corrected chi connectivity index (χ4v) is 2.33. The predicted molar refractivity (Wildman–Crippen MR) is 45.4 cm³/mol. The van der Waals surface area contributed by atoms with E-state index in [0.717, 1.165) is 12.0 Å². The van der Waals surface area contributed by atoms with Gasteiger partial charge >= 0.3 is 0 Å². The molecule has 0 aromatic rings. The Kier molecular flexibility index (Phi) is 1.50. The number of methoxy groups -OCH3 is 1. The van der Waals surface area contributed by atoms with Crippen molar-refractivity contribution in [3.8, 4) is 0 Å². The predicted octanol–water partition coefficient (Wildman–Crippen LogP) is 1.36. The van der Waals surface area contributed by atoms with Gasteiger partial charge in [-0.25, -0.2) is 4.79 Å². The van der Waals surface area contributed by atoms with E-state index in [2.05, 4.69) is 12.2 Å². The fourth-order valence-electron chi connectivity index (χ4n) is 2.33. The lowest BCUT2D eigenvalue weighted by Gasteiger charge is -2.30. The summed E-state index contributed by atoms with van der Waals surface area (Å²) in [5, 5.41) is 0. The van der Waals surface area contributed by atoms with Gasteiger partial charge in [0.25, 0.3) is 0 Å². The first-order valence-corrected chi connectivity index (χ1v) is 4.21. The molecule has 1 fully saturated rings. The van der Waals surface area contributed by atoms with Gasteiger partial charge in [0.15, 0.2) is 0 Å². The maximum Gasteiger partial charge on any atom is 0.127 e. The summed E-state index contributed by atoms with van der Waals surface area (Å²) in [6, 6.07) is 0. The SMILES string of the molecule is COC1(C)C(=C=O)C2C=CC1C2. The number of rotatable bonds is 1. The highest BCUT2D eigenvalue weighted by molar-refractivity contribution is 5.61. The van der Waals surface area contributed by atoms with Crippen LogP contribution in [-0.2, 0) is 9.53 Å². The van der Waals surface area contributed by atoms with Gasteiger partial charge < -0.3 is 4.74 Å². The molecule has 1 saturated carbocycles. The van der Waals surface area contributed by atoms with Crippen LogP contribution in [0.2, 0.25) is 0 Å². The molecule has 0 aromatic carbocycles. The highest BCUT2D eigenvalue weighted by Crippen LogP contribution is 2.50. The lowest BCUT2D eigenvalue weighted by atomic mass is 9.86. The first kappa shape index (κ1) is 7.78. The second-order valence-electron chi connectivity index (χ2n) is 3.66. The third-order valence-corrected chi connectivity index (χ3v) is 3.23. The van der Waals surface area contributed by atoms with Crippen molar-refractivity contribution in [2.75, 3.05) is 7.11 Å². The molecule has 12 heavy (non-hydrogen) atoms. The molecule has 3 unspecified atom stereocenters. The zero-order valence-corrected chi connectivity index (χ0v) is 7.33. The zero-order chi connectivity index (χ0) is 8.77. The summed E-state index contributed by atoms with van der Waals surface area (Å²) >= 11 is 0. The van der Waals surface area contributed by atoms with Crippen LogP contribution in [0.25, 0.3) is 0 Å². The largest absolute Gasteiger partial charge is 0.373 e. The molecule has 2 aliphatic rings. The van der Waals surface area contributed by atoms with Crippen molar-refractivity contribution in [1.29, 1.82) is 0 Å². The summed E-state index contributed by atoms with van der Waals surface area (Å²) in [5.74, 6) is 2.70. The van der Waals surface area contributed by atoms with E-state index in [1.807, 2.05) is 12.9 Å². The van der Waals surface area contributed by atoms with Gasteiger partial charge in [-0.2, -0.15) is 0 Å². The Bertz CT molecular complexity index is 286. The topological polar surface area (TPSA) is 26.3 Å². The lowest BCUT2D eigenvalue weighted by molar-refractivity contribution is 0.0186. The Morgan fingerprint density at radius 2 is 2.42 bits per heavy atom. The minimum absolute atomic E-state index is 0.289. The molecule has 0 aliphatic heterocycles. The quantitative estimate of drug-likeness (QED) is 0.432. The molecule has 2 bridgehead atoms. The fraction of sp³-hybridized carbons (Fsp3) is 0.600. The molecule has 2 rings (SSSR count). The van der Waals surface area contributed by atoms with Crippen LogP contribution in [0.5, 0.6) is 0 Å². The molecule has 0 spiro atoms. The van der Waals surface area contributed by atoms with Gasteiger partial charge in [0.05, 0.1) is 5.57 Å². The van der Waals surface area contributed by atoms with E-state index in [4.69, 9.17) is 4.74 Å². The van der Waals surface area contributed by atoms with Crippen molar-refractivity contribution < 1.29 is 9.53 Å². The average molecular weight is 164 g/mol. The summed E-state index contributed by atoms with van der Waals surface area (Å²) in [4.78, 5) is 10.7. The Labute approximate surface area is 71.9 Å². The molecule has 2 heteroatoms. The summed E-state index contributed by atoms with van der Waals surface area (Å²) in [7, 11) is 1.66. The Balaban J connectivity index is 2.48. The smallest absolute Gasteiger partial charge is 0.127 e. The van der Waals surface area contributed by atoms with Crippen molar-refractivity contribution >= 4 is 5.94 Å². The number of hydrogen-bond acceptors (Lipinski definition) is 2. The molecule has 0 aromatic heterocycles. The molecule has 3 atom stereocenters. The second-order valence-corrected chi connectivity index (χ2v) is 3.66. The molecule has 2 aliphatic carbocycles. The molecule has 0 radical (unpaired) electrons. The van der Waals surface area contributed by atoms with Gasteiger partial charge in [0.1, 0.15) is 11.5 Å². The van der Waals surface area contributed by atoms with Crippen molar-refractivity contribution in [3.05, 3.63) is 17.7 Å². The van der Waals surface area contributed by atoms with Crippen LogP contribution >= 0.6 is 0 Å². The molecule has 0 N–H and O–H groups in total. The van der Waals surface area contributed by atoms with Crippen LogP contribution in [0.4, 0.5) is 0 Å². The van der Waals surface area contributed by atoms with Crippen LogP contribution in [0.3, 0.4) is 0 Å². The van der Waals surface area contributed by atoms with E-state index in [-0.39, 0.29) is 11.5 Å². The minimum atomic E-state index is -0.374. The van der Waals surface area contributed by atoms with Crippen LogP contribution < -0.4 is 0 Å². The highest BCUT2D eigenvalue weighted by Gasteiger charge is 2.50. The van der Waals surface area contributed by atoms with E-state index in [1.54, 1.807) is 7.11 Å². The van der Waals surface area contributed by atoms with Gasteiger partial charge in [-0.3, -0.25) is 0 Å². The minimum Gasteiger partial charge on any atom is -0.373 e. The van der Waals surface area contributed by atoms with E-state index < -0.39 is 0 Å². The Morgan fingerprint density at radius 3 is 2.92 bits per heavy atom. The van der Waals surface area contributed by atoms with Gasteiger partial charge in [-0.15, -0.1) is 0 Å². The number of allylic oxidation sites excluding steroid dienone is 1. The van der Waals surface area contributed by atoms with E-state index in [9.17, 15) is 4.79 Å². The lowest BCUT2D eigenvalue weighted by Crippen LogP contribution is -2.34. The molecule has 2 nitrogen and oxygen atoms in total. The van der Waals surface area contributed by atoms with Crippen molar-refractivity contribution in [2.24, 2.45) is 11.8 Å². The van der Waals surface area contributed by atoms with Gasteiger partial charge in [0, 0.05) is 18.9 Å². The summed E-state index contributed by atoms with van der Waals surface area (Å²) in [6.07, 6.45) is 5.26. The molecule has 0 amide bonds. The average Bonchev–Trinajstić information content (AvgIpc) is 2.63. The van der Waals surface area contributed by atoms with Crippen LogP contribution in [0.1, 0.15) is 13.3 Å². The van der Waals surface area contributed by atoms with Gasteiger partial charge in [0.2, 0.25) is 0 Å². The van der Waals surface area contributed by atoms with E-state index in [0.29, 0.717) is 5.92 Å². The number of ether oxygens (including phenoxy) is 1. The standard InChI is InChI=1S/C10H12O2/c1-10(12-2)8-4-3-7(5-8)9(10)6-11/h3-4,7-8H,5H2,1-2H3. The van der Waals surface area contributed by atoms with Gasteiger partial charge in [-0.1, -0.05) is 12.2 Å². The summed E-state index contributed by atoms with van der Waals surface area (Å²) in [6.45, 7) is 1.97. The molecular weight excluding hydrogens is 152 g/mol. The molecule has 0 heterocycles. The van der Waals surface area contributed by atoms with E-state index in [1.165, 1.54) is 0 Å². The Morgan fingerprint density at radius 1 is 1.67 bits per heavy atom. The normalized spacial score (nSPS) is 43.7. The van der Waals surface area contributed by atoms with Crippen molar-refractivity contribution in [1.82, 2.24) is 0 Å². The van der Waals surface area contributed by atoms with Crippen molar-refractivity contribution in [3.63, 3.8) is 0 Å². The highest BCUT2D eigenvalue weighted by atomic mass is 16.5. The third kappa shape index (κ3) is 0.715. The van der Waals surface area contributed by atoms with Crippen LogP contribution in [-0.4, -0.2) is 18.7 Å². The maximum atomic E-state index is 10.7. The second kappa shape index (κ2) is 2.32. The van der Waals surface area contributed by atoms with Crippen molar-refractivity contribution in [2.45, 2.75) is 18.9 Å². The summed E-state index contributed by atoms with van der Waals surface area (Å²) in [5.41, 5.74) is 0.416. The zero-order valence-electron chi connectivity index (χ0n) is 7.33. The maximum absolute atomic E-state index is 10.7. The van der Waals surface area contributed by atoms with Gasteiger partial charge in [-0.05, 0) is 13.3 Å². The van der Waals surface area contributed by atoms with Crippen LogP contribution in [0.15, 0.2) is 17.7 Å². The number of hydrogen-bond donors (Lipinski definition) is 0. The van der Waals surface area contributed by atoms with E-state index >= 15 is 0 Å². The molecule has 0 saturated heterocycles. The number of carbonyl (C=O) groups excluding carboxylic acids is 1. The third-order valence-electron chi connectivity index (χ3n) is 3.23. The Hall–Kier alpha value is -0.850. The first-order valence-electron chi connectivity index (χ1n) is 4.21. The monoisotopic (exact) mass is 164 g/mol.